The van der Waals surface area contributed by atoms with Gasteiger partial charge in [0.15, 0.2) is 0 Å². The molecule has 1 aromatic rings. The molecule has 0 bridgehead atoms. The van der Waals surface area contributed by atoms with Gasteiger partial charge in [-0.05, 0) is 99.0 Å². The molecule has 1 atom stereocenters. The van der Waals surface area contributed by atoms with Crippen LogP contribution in [0.1, 0.15) is 74.5 Å². The number of likely N-dealkylation sites (tertiary alicyclic amines) is 1. The minimum atomic E-state index is -0.204. The number of ether oxygens (including phenoxy) is 1. The highest BCUT2D eigenvalue weighted by molar-refractivity contribution is 6.00. The molecule has 5 heterocycles. The van der Waals surface area contributed by atoms with Gasteiger partial charge in [0.05, 0.1) is 6.04 Å². The van der Waals surface area contributed by atoms with Crippen LogP contribution in [0.5, 0.6) is 5.75 Å². The molecule has 1 aromatic carbocycles. The van der Waals surface area contributed by atoms with E-state index in [-0.39, 0.29) is 23.5 Å². The molecule has 2 amide bonds. The van der Waals surface area contributed by atoms with Crippen molar-refractivity contribution in [2.45, 2.75) is 95.0 Å². The Morgan fingerprint density at radius 2 is 1.60 bits per heavy atom. The Labute approximate surface area is 207 Å². The number of benzene rings is 1. The number of carbonyl (C=O) groups is 2. The summed E-state index contributed by atoms with van der Waals surface area (Å²) in [5, 5.41) is 6.04. The van der Waals surface area contributed by atoms with Crippen molar-refractivity contribution in [2.75, 3.05) is 26.2 Å². The molecule has 7 nitrogen and oxygen atoms in total. The highest BCUT2D eigenvalue weighted by Crippen LogP contribution is 2.51. The lowest BCUT2D eigenvalue weighted by atomic mass is 9.60. The Hall–Kier alpha value is -1.96. The number of nitrogens with one attached hydrogen (secondary N) is 2. The Morgan fingerprint density at radius 3 is 2.34 bits per heavy atom. The number of carbonyl (C=O) groups excluding carboxylic acids is 2. The van der Waals surface area contributed by atoms with Crippen molar-refractivity contribution in [1.82, 2.24) is 20.4 Å². The van der Waals surface area contributed by atoms with Gasteiger partial charge in [-0.3, -0.25) is 19.8 Å². The molecule has 7 heteroatoms. The summed E-state index contributed by atoms with van der Waals surface area (Å²) in [4.78, 5) is 28.9. The summed E-state index contributed by atoms with van der Waals surface area (Å²) in [5.41, 5.74) is 4.57. The van der Waals surface area contributed by atoms with Crippen molar-refractivity contribution in [3.8, 4) is 5.75 Å². The van der Waals surface area contributed by atoms with E-state index in [2.05, 4.69) is 32.6 Å². The molecule has 35 heavy (non-hydrogen) atoms. The lowest BCUT2D eigenvalue weighted by molar-refractivity contribution is -0.137. The number of nitrogens with zero attached hydrogens (tertiary/aromatic N) is 2. The zero-order valence-electron chi connectivity index (χ0n) is 20.7. The van der Waals surface area contributed by atoms with Gasteiger partial charge in [-0.15, -0.1) is 0 Å². The van der Waals surface area contributed by atoms with Gasteiger partial charge < -0.3 is 15.0 Å². The maximum atomic E-state index is 12.4. The lowest BCUT2D eigenvalue weighted by Crippen LogP contribution is -2.58. The molecule has 6 aliphatic rings. The van der Waals surface area contributed by atoms with Crippen LogP contribution in [0.4, 0.5) is 0 Å². The third kappa shape index (κ3) is 3.91. The van der Waals surface area contributed by atoms with E-state index in [9.17, 15) is 9.59 Å². The fourth-order valence-electron chi connectivity index (χ4n) is 7.91. The molecule has 4 fully saturated rings. The number of hydrogen-bond acceptors (Lipinski definition) is 6. The second-order valence-electron chi connectivity index (χ2n) is 12.2. The van der Waals surface area contributed by atoms with E-state index in [1.807, 2.05) is 0 Å². The first-order chi connectivity index (χ1) is 17.0. The zero-order valence-corrected chi connectivity index (χ0v) is 20.7. The van der Waals surface area contributed by atoms with Gasteiger partial charge in [-0.25, -0.2) is 0 Å². The van der Waals surface area contributed by atoms with E-state index in [0.717, 1.165) is 50.6 Å². The number of hydrogen-bond donors (Lipinski definition) is 2. The summed E-state index contributed by atoms with van der Waals surface area (Å²) in [7, 11) is 0. The summed E-state index contributed by atoms with van der Waals surface area (Å²) >= 11 is 0. The molecule has 1 aliphatic carbocycles. The predicted molar refractivity (Wildman–Crippen MR) is 132 cm³/mol. The molecule has 3 saturated heterocycles. The largest absolute Gasteiger partial charge is 0.487 e. The van der Waals surface area contributed by atoms with E-state index < -0.39 is 0 Å². The minimum Gasteiger partial charge on any atom is -0.487 e. The van der Waals surface area contributed by atoms with Crippen LogP contribution in [0.3, 0.4) is 0 Å². The summed E-state index contributed by atoms with van der Waals surface area (Å²) < 4.78 is 6.81. The van der Waals surface area contributed by atoms with Crippen LogP contribution in [-0.2, 0) is 29.1 Å². The van der Waals surface area contributed by atoms with Gasteiger partial charge in [0, 0.05) is 38.6 Å². The third-order valence-electron chi connectivity index (χ3n) is 10.2. The van der Waals surface area contributed by atoms with Crippen molar-refractivity contribution in [3.05, 3.63) is 28.8 Å². The molecule has 1 unspecified atom stereocenters. The number of imide groups is 1. The summed E-state index contributed by atoms with van der Waals surface area (Å²) in [6, 6.07) is 5.18. The Kier molecular flexibility index (Phi) is 5.27. The van der Waals surface area contributed by atoms with Crippen LogP contribution in [0.25, 0.3) is 0 Å². The summed E-state index contributed by atoms with van der Waals surface area (Å²) in [6.45, 7) is 6.30. The van der Waals surface area contributed by atoms with E-state index in [1.54, 1.807) is 0 Å². The van der Waals surface area contributed by atoms with E-state index >= 15 is 0 Å². The molecular formula is C28H38N4O3. The van der Waals surface area contributed by atoms with Gasteiger partial charge in [0.2, 0.25) is 11.8 Å². The molecule has 2 N–H and O–H groups in total. The SMILES string of the molecule is O=C1CCC(N2Cc3cc4c(cc3C2)OC2(CC4)CCN(C3CC4(CCNCC4)C3)CC2)C(=O)N1. The summed E-state index contributed by atoms with van der Waals surface area (Å²) in [6.07, 6.45) is 11.1. The number of rotatable bonds is 2. The monoisotopic (exact) mass is 478 g/mol. The molecule has 188 valence electrons. The molecule has 7 rings (SSSR count). The van der Waals surface area contributed by atoms with Crippen molar-refractivity contribution in [2.24, 2.45) is 5.41 Å². The topological polar surface area (TPSA) is 73.9 Å². The van der Waals surface area contributed by atoms with Gasteiger partial charge in [-0.1, -0.05) is 6.07 Å². The number of aryl methyl sites for hydroxylation is 1. The summed E-state index contributed by atoms with van der Waals surface area (Å²) in [5.74, 6) is 0.787. The van der Waals surface area contributed by atoms with Gasteiger partial charge >= 0.3 is 0 Å². The average Bonchev–Trinajstić information content (AvgIpc) is 3.24. The van der Waals surface area contributed by atoms with Crippen molar-refractivity contribution >= 4 is 11.8 Å². The number of amides is 2. The molecule has 0 radical (unpaired) electrons. The first kappa shape index (κ1) is 22.3. The van der Waals surface area contributed by atoms with Crippen molar-refractivity contribution in [1.29, 1.82) is 0 Å². The fraction of sp³-hybridized carbons (Fsp3) is 0.714. The average molecular weight is 479 g/mol. The standard InChI is InChI=1S/C28H38N4O3/c33-25-2-1-23(26(34)30-25)32-17-20-13-19-3-4-28(35-24(19)14-21(20)18-32)7-11-31(12-8-28)22-15-27(16-22)5-9-29-10-6-27/h13-14,22-23,29H,1-12,15-18H2,(H,30,33,34). The Balaban J connectivity index is 0.985. The zero-order chi connectivity index (χ0) is 23.6. The van der Waals surface area contributed by atoms with Gasteiger partial charge in [-0.2, -0.15) is 0 Å². The minimum absolute atomic E-state index is 0.00413. The van der Waals surface area contributed by atoms with Crippen LogP contribution in [0, 0.1) is 5.41 Å². The quantitative estimate of drug-likeness (QED) is 0.637. The van der Waals surface area contributed by atoms with Crippen molar-refractivity contribution in [3.63, 3.8) is 0 Å². The van der Waals surface area contributed by atoms with Crippen LogP contribution in [0.2, 0.25) is 0 Å². The smallest absolute Gasteiger partial charge is 0.243 e. The van der Waals surface area contributed by atoms with Gasteiger partial charge in [0.1, 0.15) is 11.4 Å². The second-order valence-corrected chi connectivity index (χ2v) is 12.2. The lowest BCUT2D eigenvalue weighted by Gasteiger charge is -2.56. The van der Waals surface area contributed by atoms with E-state index in [1.165, 1.54) is 68.6 Å². The van der Waals surface area contributed by atoms with Crippen LogP contribution in [0.15, 0.2) is 12.1 Å². The van der Waals surface area contributed by atoms with E-state index in [4.69, 9.17) is 4.74 Å². The number of fused-ring (bicyclic) bond motifs is 2. The predicted octanol–water partition coefficient (Wildman–Crippen LogP) is 2.50. The van der Waals surface area contributed by atoms with Crippen LogP contribution >= 0.6 is 0 Å². The maximum absolute atomic E-state index is 12.4. The normalized spacial score (nSPS) is 30.5. The maximum Gasteiger partial charge on any atom is 0.243 e. The van der Waals surface area contributed by atoms with Gasteiger partial charge in [0.25, 0.3) is 0 Å². The first-order valence-electron chi connectivity index (χ1n) is 13.9. The number of piperidine rings is 3. The first-order valence-corrected chi connectivity index (χ1v) is 13.9. The van der Waals surface area contributed by atoms with Crippen molar-refractivity contribution < 1.29 is 14.3 Å². The molecule has 0 aromatic heterocycles. The highest BCUT2D eigenvalue weighted by Gasteiger charge is 2.49. The second kappa shape index (κ2) is 8.29. The molecule has 1 saturated carbocycles. The van der Waals surface area contributed by atoms with E-state index in [0.29, 0.717) is 18.3 Å². The molecule has 2 spiro atoms. The van der Waals surface area contributed by atoms with Crippen LogP contribution in [-0.4, -0.2) is 65.5 Å². The highest BCUT2D eigenvalue weighted by atomic mass is 16.5. The Bertz CT molecular complexity index is 1030. The Morgan fingerprint density at radius 1 is 0.857 bits per heavy atom. The molecule has 5 aliphatic heterocycles. The molecular weight excluding hydrogens is 440 g/mol. The third-order valence-corrected chi connectivity index (χ3v) is 10.2. The van der Waals surface area contributed by atoms with Crippen LogP contribution < -0.4 is 15.4 Å². The fourth-order valence-corrected chi connectivity index (χ4v) is 7.91.